The van der Waals surface area contributed by atoms with Gasteiger partial charge in [0.15, 0.2) is 12.4 Å². The maximum Gasteiger partial charge on any atom is 0.270 e. The van der Waals surface area contributed by atoms with E-state index in [9.17, 15) is 19.7 Å². The van der Waals surface area contributed by atoms with Gasteiger partial charge in [-0.1, -0.05) is 22.0 Å². The molecule has 7 nitrogen and oxygen atoms in total. The van der Waals surface area contributed by atoms with Crippen LogP contribution in [0.25, 0.3) is 0 Å². The zero-order chi connectivity index (χ0) is 17.3. The van der Waals surface area contributed by atoms with E-state index in [2.05, 4.69) is 21.2 Å². The van der Waals surface area contributed by atoms with Gasteiger partial charge in [-0.25, -0.2) is 0 Å². The van der Waals surface area contributed by atoms with E-state index in [0.29, 0.717) is 27.0 Å². The van der Waals surface area contributed by atoms with Crippen molar-refractivity contribution in [1.82, 2.24) is 0 Å². The summed E-state index contributed by atoms with van der Waals surface area (Å²) in [5, 5.41) is 13.4. The van der Waals surface area contributed by atoms with E-state index in [1.807, 2.05) is 0 Å². The van der Waals surface area contributed by atoms with Gasteiger partial charge in [0.25, 0.3) is 11.6 Å². The SMILES string of the molecule is O=C1COc2ccc(C(=O)Cc3ccc([N+](=O)[O-])cc3Br)cc2N1. The third-order valence-electron chi connectivity index (χ3n) is 3.53. The summed E-state index contributed by atoms with van der Waals surface area (Å²) in [5.41, 5.74) is 1.47. The van der Waals surface area contributed by atoms with Gasteiger partial charge in [0, 0.05) is 28.6 Å². The fraction of sp³-hybridized carbons (Fsp3) is 0.125. The van der Waals surface area contributed by atoms with Crippen LogP contribution in [0.15, 0.2) is 40.9 Å². The first kappa shape index (κ1) is 16.1. The van der Waals surface area contributed by atoms with Crippen LogP contribution in [-0.2, 0) is 11.2 Å². The molecule has 0 bridgehead atoms. The van der Waals surface area contributed by atoms with Gasteiger partial charge in [-0.2, -0.15) is 0 Å². The van der Waals surface area contributed by atoms with E-state index in [1.165, 1.54) is 12.1 Å². The molecule has 1 heterocycles. The van der Waals surface area contributed by atoms with Gasteiger partial charge in [0.05, 0.1) is 10.6 Å². The van der Waals surface area contributed by atoms with Crippen LogP contribution in [0, 0.1) is 10.1 Å². The minimum Gasteiger partial charge on any atom is -0.482 e. The number of Topliss-reactive ketones (excluding diaryl/α,β-unsaturated/α-hetero) is 1. The second-order valence-corrected chi connectivity index (χ2v) is 6.03. The number of nitro groups is 1. The third-order valence-corrected chi connectivity index (χ3v) is 4.27. The van der Waals surface area contributed by atoms with E-state index in [4.69, 9.17) is 4.74 Å². The maximum atomic E-state index is 12.4. The molecule has 8 heteroatoms. The lowest BCUT2D eigenvalue weighted by Gasteiger charge is -2.18. The normalized spacial score (nSPS) is 12.8. The minimum atomic E-state index is -0.497. The molecule has 1 aliphatic heterocycles. The second kappa shape index (κ2) is 6.40. The number of carbonyl (C=O) groups is 2. The number of ketones is 1. The highest BCUT2D eigenvalue weighted by atomic mass is 79.9. The molecule has 0 spiro atoms. The Morgan fingerprint density at radius 1 is 1.29 bits per heavy atom. The van der Waals surface area contributed by atoms with Crippen LogP contribution in [-0.4, -0.2) is 23.2 Å². The van der Waals surface area contributed by atoms with Crippen LogP contribution >= 0.6 is 15.9 Å². The van der Waals surface area contributed by atoms with Gasteiger partial charge in [-0.05, 0) is 23.8 Å². The fourth-order valence-corrected chi connectivity index (χ4v) is 2.83. The summed E-state index contributed by atoms with van der Waals surface area (Å²) in [6.07, 6.45) is 0.0756. The number of hydrogen-bond acceptors (Lipinski definition) is 5. The Morgan fingerprint density at radius 3 is 2.79 bits per heavy atom. The van der Waals surface area contributed by atoms with E-state index < -0.39 is 4.92 Å². The van der Waals surface area contributed by atoms with E-state index >= 15 is 0 Å². The molecule has 1 amide bonds. The standard InChI is InChI=1S/C16H11BrN2O5/c17-12-7-11(19(22)23)3-1-9(12)6-14(20)10-2-4-15-13(5-10)18-16(21)8-24-15/h1-5,7H,6,8H2,(H,18,21). The summed E-state index contributed by atoms with van der Waals surface area (Å²) in [5.74, 6) is 0.0695. The molecule has 0 radical (unpaired) electrons. The van der Waals surface area contributed by atoms with Crippen molar-refractivity contribution < 1.29 is 19.2 Å². The first-order chi connectivity index (χ1) is 11.4. The molecule has 1 aliphatic rings. The molecule has 0 saturated carbocycles. The van der Waals surface area contributed by atoms with Crippen molar-refractivity contribution >= 4 is 39.0 Å². The Bertz CT molecular complexity index is 866. The molecule has 2 aromatic carbocycles. The van der Waals surface area contributed by atoms with E-state index in [1.54, 1.807) is 24.3 Å². The molecule has 24 heavy (non-hydrogen) atoms. The molecule has 0 unspecified atom stereocenters. The molecule has 0 fully saturated rings. The van der Waals surface area contributed by atoms with Crippen molar-refractivity contribution in [2.24, 2.45) is 0 Å². The number of nitro benzene ring substituents is 1. The fourth-order valence-electron chi connectivity index (χ4n) is 2.32. The van der Waals surface area contributed by atoms with Gasteiger partial charge in [0.2, 0.25) is 0 Å². The number of fused-ring (bicyclic) bond motifs is 1. The number of halogens is 1. The second-order valence-electron chi connectivity index (χ2n) is 5.18. The summed E-state index contributed by atoms with van der Waals surface area (Å²) in [6.45, 7) is -0.0456. The van der Waals surface area contributed by atoms with Crippen LogP contribution in [0.3, 0.4) is 0 Å². The molecule has 122 valence electrons. The van der Waals surface area contributed by atoms with Crippen LogP contribution in [0.4, 0.5) is 11.4 Å². The van der Waals surface area contributed by atoms with Crippen LogP contribution < -0.4 is 10.1 Å². The Balaban J connectivity index is 1.82. The maximum absolute atomic E-state index is 12.4. The number of nitrogens with zero attached hydrogens (tertiary/aromatic N) is 1. The summed E-state index contributed by atoms with van der Waals surface area (Å²) in [4.78, 5) is 34.0. The number of nitrogens with one attached hydrogen (secondary N) is 1. The molecule has 2 aromatic rings. The number of carbonyl (C=O) groups excluding carboxylic acids is 2. The van der Waals surface area contributed by atoms with Gasteiger partial charge in [-0.15, -0.1) is 0 Å². The molecule has 0 saturated heterocycles. The molecule has 1 N–H and O–H groups in total. The lowest BCUT2D eigenvalue weighted by atomic mass is 10.0. The Kier molecular flexibility index (Phi) is 4.30. The van der Waals surface area contributed by atoms with Crippen molar-refractivity contribution in [1.29, 1.82) is 0 Å². The number of non-ortho nitro benzene ring substituents is 1. The quantitative estimate of drug-likeness (QED) is 0.491. The summed E-state index contributed by atoms with van der Waals surface area (Å²) < 4.78 is 5.75. The molecule has 3 rings (SSSR count). The van der Waals surface area contributed by atoms with Gasteiger partial charge in [0.1, 0.15) is 5.75 Å². The molecular formula is C16H11BrN2O5. The van der Waals surface area contributed by atoms with Crippen molar-refractivity contribution in [3.63, 3.8) is 0 Å². The van der Waals surface area contributed by atoms with Gasteiger partial charge < -0.3 is 10.1 Å². The Morgan fingerprint density at radius 2 is 2.08 bits per heavy atom. The number of rotatable bonds is 4. The highest BCUT2D eigenvalue weighted by Gasteiger charge is 2.19. The first-order valence-corrected chi connectivity index (χ1v) is 7.76. The van der Waals surface area contributed by atoms with Crippen molar-refractivity contribution in [2.45, 2.75) is 6.42 Å². The van der Waals surface area contributed by atoms with Crippen molar-refractivity contribution in [2.75, 3.05) is 11.9 Å². The van der Waals surface area contributed by atoms with Gasteiger partial charge >= 0.3 is 0 Å². The predicted molar refractivity (Wildman–Crippen MR) is 89.4 cm³/mol. The zero-order valence-electron chi connectivity index (χ0n) is 12.2. The zero-order valence-corrected chi connectivity index (χ0v) is 13.8. The van der Waals surface area contributed by atoms with Crippen LogP contribution in [0.1, 0.15) is 15.9 Å². The Hall–Kier alpha value is -2.74. The number of anilines is 1. The molecule has 0 atom stereocenters. The number of ether oxygens (including phenoxy) is 1. The molecule has 0 aromatic heterocycles. The molecule has 0 aliphatic carbocycles. The van der Waals surface area contributed by atoms with Crippen LogP contribution in [0.2, 0.25) is 0 Å². The predicted octanol–water partition coefficient (Wildman–Crippen LogP) is 3.11. The number of amides is 1. The molecular weight excluding hydrogens is 380 g/mol. The van der Waals surface area contributed by atoms with E-state index in [0.717, 1.165) is 0 Å². The average Bonchev–Trinajstić information content (AvgIpc) is 2.55. The number of benzene rings is 2. The number of hydrogen-bond donors (Lipinski definition) is 1. The monoisotopic (exact) mass is 390 g/mol. The van der Waals surface area contributed by atoms with Crippen molar-refractivity contribution in [3.8, 4) is 5.75 Å². The van der Waals surface area contributed by atoms with E-state index in [-0.39, 0.29) is 30.4 Å². The smallest absolute Gasteiger partial charge is 0.270 e. The van der Waals surface area contributed by atoms with Crippen LogP contribution in [0.5, 0.6) is 5.75 Å². The lowest BCUT2D eigenvalue weighted by Crippen LogP contribution is -2.25. The first-order valence-electron chi connectivity index (χ1n) is 6.97. The Labute approximate surface area is 144 Å². The summed E-state index contributed by atoms with van der Waals surface area (Å²) in [7, 11) is 0. The summed E-state index contributed by atoms with van der Waals surface area (Å²) >= 11 is 3.25. The average molecular weight is 391 g/mol. The minimum absolute atomic E-state index is 0.0456. The largest absolute Gasteiger partial charge is 0.482 e. The highest BCUT2D eigenvalue weighted by Crippen LogP contribution is 2.29. The van der Waals surface area contributed by atoms with Crippen molar-refractivity contribution in [3.05, 3.63) is 62.1 Å². The third kappa shape index (κ3) is 3.28. The summed E-state index contributed by atoms with van der Waals surface area (Å²) in [6, 6.07) is 9.08. The topological polar surface area (TPSA) is 98.5 Å². The van der Waals surface area contributed by atoms with Gasteiger partial charge in [-0.3, -0.25) is 19.7 Å². The highest BCUT2D eigenvalue weighted by molar-refractivity contribution is 9.10. The lowest BCUT2D eigenvalue weighted by molar-refractivity contribution is -0.384.